The lowest BCUT2D eigenvalue weighted by Gasteiger charge is -2.36. The van der Waals surface area contributed by atoms with E-state index in [1.54, 1.807) is 6.20 Å². The van der Waals surface area contributed by atoms with E-state index in [1.807, 2.05) is 62.4 Å². The number of aromatic amines is 1. The van der Waals surface area contributed by atoms with E-state index in [0.29, 0.717) is 10.6 Å². The van der Waals surface area contributed by atoms with Crippen molar-refractivity contribution in [1.82, 2.24) is 15.5 Å². The molecule has 3 aromatic carbocycles. The van der Waals surface area contributed by atoms with Gasteiger partial charge in [-0.2, -0.15) is 15.6 Å². The molecule has 0 aliphatic rings. The second-order valence-corrected chi connectivity index (χ2v) is 10.4. The van der Waals surface area contributed by atoms with Crippen molar-refractivity contribution in [3.8, 4) is 23.4 Å². The van der Waals surface area contributed by atoms with Gasteiger partial charge in [0.2, 0.25) is 0 Å². The molecule has 0 radical (unpaired) electrons. The van der Waals surface area contributed by atoms with Crippen LogP contribution in [0, 0.1) is 28.1 Å². The van der Waals surface area contributed by atoms with Crippen molar-refractivity contribution >= 4 is 11.6 Å². The zero-order valence-corrected chi connectivity index (χ0v) is 22.0. The minimum absolute atomic E-state index is 0.00507. The Hall–Kier alpha value is -3.90. The van der Waals surface area contributed by atoms with Crippen molar-refractivity contribution in [3.63, 3.8) is 0 Å². The molecule has 0 saturated carbocycles. The molecule has 6 heteroatoms. The van der Waals surface area contributed by atoms with Crippen molar-refractivity contribution < 1.29 is 0 Å². The molecule has 0 saturated heterocycles. The summed E-state index contributed by atoms with van der Waals surface area (Å²) < 4.78 is 0. The van der Waals surface area contributed by atoms with Crippen molar-refractivity contribution in [1.29, 1.82) is 10.5 Å². The van der Waals surface area contributed by atoms with Gasteiger partial charge in [-0.3, -0.25) is 5.10 Å². The zero-order valence-electron chi connectivity index (χ0n) is 21.2. The molecule has 5 nitrogen and oxygen atoms in total. The first kappa shape index (κ1) is 26.2. The number of rotatable bonds is 9. The van der Waals surface area contributed by atoms with Crippen molar-refractivity contribution in [2.24, 2.45) is 5.41 Å². The van der Waals surface area contributed by atoms with Gasteiger partial charge in [-0.25, -0.2) is 0 Å². The molecule has 0 aliphatic carbocycles. The number of benzene rings is 3. The highest BCUT2D eigenvalue weighted by Gasteiger charge is 2.34. The molecule has 2 unspecified atom stereocenters. The SMILES string of the molecule is CC(N[C@@H](c1ccc(-c2ccn[nH]2)cc1)C(C)(C)C#N)C(Cc1ccc(Cl)cc1)c1cccc(C#N)c1. The third-order valence-corrected chi connectivity index (χ3v) is 7.16. The van der Waals surface area contributed by atoms with Crippen LogP contribution in [0.25, 0.3) is 11.3 Å². The minimum atomic E-state index is -0.664. The number of halogens is 1. The van der Waals surface area contributed by atoms with E-state index in [0.717, 1.165) is 34.4 Å². The van der Waals surface area contributed by atoms with Crippen LogP contribution in [0.1, 0.15) is 55.0 Å². The van der Waals surface area contributed by atoms with Crippen LogP contribution in [0.5, 0.6) is 0 Å². The molecular weight excluding hydrogens is 478 g/mol. The summed E-state index contributed by atoms with van der Waals surface area (Å²) in [5.41, 5.74) is 5.23. The van der Waals surface area contributed by atoms with Gasteiger partial charge in [0, 0.05) is 23.2 Å². The molecule has 186 valence electrons. The predicted octanol–water partition coefficient (Wildman–Crippen LogP) is 7.20. The number of H-pyrrole nitrogens is 1. The molecule has 4 aromatic rings. The van der Waals surface area contributed by atoms with Crippen LogP contribution in [0.15, 0.2) is 85.1 Å². The summed E-state index contributed by atoms with van der Waals surface area (Å²) in [6.07, 6.45) is 2.49. The summed E-state index contributed by atoms with van der Waals surface area (Å²) in [4.78, 5) is 0. The summed E-state index contributed by atoms with van der Waals surface area (Å²) in [6.45, 7) is 6.08. The first-order valence-corrected chi connectivity index (χ1v) is 12.7. The zero-order chi connectivity index (χ0) is 26.4. The van der Waals surface area contributed by atoms with Crippen LogP contribution in [0.2, 0.25) is 5.02 Å². The molecule has 2 N–H and O–H groups in total. The predicted molar refractivity (Wildman–Crippen MR) is 148 cm³/mol. The lowest BCUT2D eigenvalue weighted by Crippen LogP contribution is -2.42. The van der Waals surface area contributed by atoms with Gasteiger partial charge in [-0.05, 0) is 79.8 Å². The van der Waals surface area contributed by atoms with E-state index in [4.69, 9.17) is 11.6 Å². The average Bonchev–Trinajstić information content (AvgIpc) is 3.46. The van der Waals surface area contributed by atoms with Crippen LogP contribution in [-0.4, -0.2) is 16.2 Å². The van der Waals surface area contributed by atoms with Gasteiger partial charge in [-0.15, -0.1) is 0 Å². The molecule has 1 heterocycles. The number of nitrogens with one attached hydrogen (secondary N) is 2. The molecule has 1 aromatic heterocycles. The van der Waals surface area contributed by atoms with Gasteiger partial charge in [0.25, 0.3) is 0 Å². The highest BCUT2D eigenvalue weighted by Crippen LogP contribution is 2.36. The van der Waals surface area contributed by atoms with E-state index in [9.17, 15) is 10.5 Å². The normalized spacial score (nSPS) is 13.8. The number of aromatic nitrogens is 2. The summed E-state index contributed by atoms with van der Waals surface area (Å²) in [5.74, 6) is 0.0655. The summed E-state index contributed by atoms with van der Waals surface area (Å²) >= 11 is 6.13. The minimum Gasteiger partial charge on any atom is -0.305 e. The fourth-order valence-electron chi connectivity index (χ4n) is 4.73. The number of hydrogen-bond donors (Lipinski definition) is 2. The first-order valence-electron chi connectivity index (χ1n) is 12.3. The summed E-state index contributed by atoms with van der Waals surface area (Å²) in [5, 5.41) is 31.1. The Bertz CT molecular complexity index is 1390. The van der Waals surface area contributed by atoms with Crippen molar-refractivity contribution in [2.75, 3.05) is 0 Å². The topological polar surface area (TPSA) is 88.3 Å². The number of hydrogen-bond acceptors (Lipinski definition) is 4. The fourth-order valence-corrected chi connectivity index (χ4v) is 4.86. The Morgan fingerprint density at radius 1 is 0.973 bits per heavy atom. The van der Waals surface area contributed by atoms with Gasteiger partial charge in [0.15, 0.2) is 0 Å². The maximum absolute atomic E-state index is 10.1. The third-order valence-electron chi connectivity index (χ3n) is 6.91. The van der Waals surface area contributed by atoms with E-state index in [1.165, 1.54) is 0 Å². The second-order valence-electron chi connectivity index (χ2n) is 9.99. The number of nitriles is 2. The Balaban J connectivity index is 1.67. The summed E-state index contributed by atoms with van der Waals surface area (Å²) in [6, 6.07) is 30.4. The van der Waals surface area contributed by atoms with Crippen LogP contribution in [-0.2, 0) is 6.42 Å². The van der Waals surface area contributed by atoms with Gasteiger partial charge in [0.05, 0.1) is 34.9 Å². The Morgan fingerprint density at radius 3 is 2.32 bits per heavy atom. The van der Waals surface area contributed by atoms with E-state index < -0.39 is 5.41 Å². The Morgan fingerprint density at radius 2 is 1.70 bits per heavy atom. The molecule has 3 atom stereocenters. The fraction of sp³-hybridized carbons (Fsp3) is 0.258. The van der Waals surface area contributed by atoms with Crippen LogP contribution in [0.4, 0.5) is 0 Å². The van der Waals surface area contributed by atoms with Crippen LogP contribution >= 0.6 is 11.6 Å². The van der Waals surface area contributed by atoms with E-state index in [-0.39, 0.29) is 18.0 Å². The lowest BCUT2D eigenvalue weighted by molar-refractivity contribution is 0.281. The second kappa shape index (κ2) is 11.4. The standard InChI is InChI=1S/C31H30ClN5/c1-21(28(18-22-7-13-27(32)14-8-22)26-6-4-5-23(17-26)19-33)36-30(31(2,3)20-34)25-11-9-24(10-12-25)29-15-16-35-37-29/h4-17,21,28,30,36H,18H2,1-3H3,(H,35,37)/t21?,28?,30-/m0/s1. The Kier molecular flexibility index (Phi) is 8.09. The lowest BCUT2D eigenvalue weighted by atomic mass is 9.79. The molecule has 0 spiro atoms. The van der Waals surface area contributed by atoms with Gasteiger partial charge < -0.3 is 5.32 Å². The highest BCUT2D eigenvalue weighted by molar-refractivity contribution is 6.30. The highest BCUT2D eigenvalue weighted by atomic mass is 35.5. The molecule has 0 bridgehead atoms. The van der Waals surface area contributed by atoms with Crippen molar-refractivity contribution in [2.45, 2.75) is 45.2 Å². The quantitative estimate of drug-likeness (QED) is 0.251. The van der Waals surface area contributed by atoms with E-state index in [2.05, 4.69) is 64.9 Å². The maximum Gasteiger partial charge on any atom is 0.0991 e. The molecular formula is C31H30ClN5. The first-order chi connectivity index (χ1) is 17.8. The summed E-state index contributed by atoms with van der Waals surface area (Å²) in [7, 11) is 0. The van der Waals surface area contributed by atoms with Crippen LogP contribution in [0.3, 0.4) is 0 Å². The molecule has 4 rings (SSSR count). The maximum atomic E-state index is 10.1. The Labute approximate surface area is 223 Å². The van der Waals surface area contributed by atoms with Gasteiger partial charge in [0.1, 0.15) is 0 Å². The third kappa shape index (κ3) is 6.27. The van der Waals surface area contributed by atoms with Gasteiger partial charge >= 0.3 is 0 Å². The largest absolute Gasteiger partial charge is 0.305 e. The van der Waals surface area contributed by atoms with Gasteiger partial charge in [-0.1, -0.05) is 60.1 Å². The van der Waals surface area contributed by atoms with Crippen LogP contribution < -0.4 is 5.32 Å². The average molecular weight is 508 g/mol. The monoisotopic (exact) mass is 507 g/mol. The molecule has 0 aliphatic heterocycles. The number of nitrogens with zero attached hydrogens (tertiary/aromatic N) is 3. The molecule has 37 heavy (non-hydrogen) atoms. The van der Waals surface area contributed by atoms with E-state index >= 15 is 0 Å². The van der Waals surface area contributed by atoms with Crippen molar-refractivity contribution in [3.05, 3.63) is 112 Å². The smallest absolute Gasteiger partial charge is 0.0991 e. The molecule has 0 amide bonds. The molecule has 0 fully saturated rings.